The SMILES string of the molecule is C=C(CCC(OCC(CC=C(C)C)C(=C)C)OCC(CC=C(C)C)C(=C)C)OCCCCCCN(CCCCO)CCCCCCOC(=O)CCC(OCC(CC=C(C)C)C(=C)C)OCC(CC=C(C)C)C(=C)C. The van der Waals surface area contributed by atoms with Gasteiger partial charge < -0.3 is 38.4 Å². The second-order valence-electron chi connectivity index (χ2n) is 22.2. The van der Waals surface area contributed by atoms with E-state index in [1.165, 1.54) is 22.3 Å². The van der Waals surface area contributed by atoms with Gasteiger partial charge in [-0.25, -0.2) is 0 Å². The molecule has 9 heteroatoms. The summed E-state index contributed by atoms with van der Waals surface area (Å²) >= 11 is 0. The third kappa shape index (κ3) is 40.9. The third-order valence-corrected chi connectivity index (χ3v) is 13.4. The summed E-state index contributed by atoms with van der Waals surface area (Å²) in [6.07, 6.45) is 23.8. The Labute approximate surface area is 455 Å². The predicted molar refractivity (Wildman–Crippen MR) is 315 cm³/mol. The van der Waals surface area contributed by atoms with E-state index in [0.717, 1.165) is 138 Å². The second-order valence-corrected chi connectivity index (χ2v) is 22.2. The van der Waals surface area contributed by atoms with Crippen molar-refractivity contribution in [3.63, 3.8) is 0 Å². The van der Waals surface area contributed by atoms with Crippen molar-refractivity contribution in [2.45, 2.75) is 211 Å². The summed E-state index contributed by atoms with van der Waals surface area (Å²) in [5, 5.41) is 9.44. The first kappa shape index (κ1) is 70.7. The van der Waals surface area contributed by atoms with Crippen LogP contribution in [0.15, 0.2) is 108 Å². The van der Waals surface area contributed by atoms with Crippen LogP contribution in [0.3, 0.4) is 0 Å². The van der Waals surface area contributed by atoms with Crippen LogP contribution in [-0.2, 0) is 33.2 Å². The van der Waals surface area contributed by atoms with E-state index in [4.69, 9.17) is 28.4 Å². The Hall–Kier alpha value is -3.31. The number of ether oxygens (including phenoxy) is 6. The summed E-state index contributed by atoms with van der Waals surface area (Å²) in [5.41, 5.74) is 9.50. The smallest absolute Gasteiger partial charge is 0.305 e. The zero-order valence-electron chi connectivity index (χ0n) is 49.9. The average molecular weight is 1040 g/mol. The van der Waals surface area contributed by atoms with E-state index in [1.54, 1.807) is 0 Å². The summed E-state index contributed by atoms with van der Waals surface area (Å²) in [6.45, 7) is 52.7. The minimum atomic E-state index is -0.520. The minimum Gasteiger partial charge on any atom is -0.499 e. The number of unbranched alkanes of at least 4 members (excludes halogenated alkanes) is 7. The third-order valence-electron chi connectivity index (χ3n) is 13.4. The number of carbonyl (C=O) groups is 1. The molecule has 74 heavy (non-hydrogen) atoms. The first-order chi connectivity index (χ1) is 35.1. The van der Waals surface area contributed by atoms with Gasteiger partial charge in [0, 0.05) is 49.5 Å². The van der Waals surface area contributed by atoms with E-state index in [1.807, 2.05) is 13.8 Å². The van der Waals surface area contributed by atoms with E-state index >= 15 is 0 Å². The van der Waals surface area contributed by atoms with E-state index in [-0.39, 0.29) is 49.0 Å². The molecule has 0 bridgehead atoms. The molecule has 426 valence electrons. The highest BCUT2D eigenvalue weighted by Gasteiger charge is 2.21. The van der Waals surface area contributed by atoms with Gasteiger partial charge >= 0.3 is 5.97 Å². The summed E-state index contributed by atoms with van der Waals surface area (Å²) in [6, 6.07) is 0. The highest BCUT2D eigenvalue weighted by molar-refractivity contribution is 5.69. The van der Waals surface area contributed by atoms with Crippen molar-refractivity contribution in [2.24, 2.45) is 23.7 Å². The molecular weight excluding hydrogens is 923 g/mol. The molecule has 0 rings (SSSR count). The molecule has 0 aromatic carbocycles. The van der Waals surface area contributed by atoms with Crippen LogP contribution in [0.5, 0.6) is 0 Å². The Morgan fingerprint density at radius 1 is 0.432 bits per heavy atom. The van der Waals surface area contributed by atoms with Gasteiger partial charge in [-0.2, -0.15) is 0 Å². The quantitative estimate of drug-likeness (QED) is 0.0210. The van der Waals surface area contributed by atoms with Gasteiger partial charge in [0.15, 0.2) is 12.6 Å². The van der Waals surface area contributed by atoms with E-state index in [0.29, 0.717) is 58.9 Å². The molecule has 4 unspecified atom stereocenters. The van der Waals surface area contributed by atoms with Gasteiger partial charge in [-0.1, -0.05) is 127 Å². The van der Waals surface area contributed by atoms with Gasteiger partial charge in [0.1, 0.15) is 0 Å². The van der Waals surface area contributed by atoms with Crippen LogP contribution in [0.2, 0.25) is 0 Å². The lowest BCUT2D eigenvalue weighted by atomic mass is 9.98. The summed E-state index contributed by atoms with van der Waals surface area (Å²) in [5.74, 6) is 1.37. The van der Waals surface area contributed by atoms with Crippen molar-refractivity contribution < 1.29 is 38.3 Å². The van der Waals surface area contributed by atoms with Crippen molar-refractivity contribution in [3.8, 4) is 0 Å². The van der Waals surface area contributed by atoms with Crippen LogP contribution in [0.1, 0.15) is 199 Å². The molecule has 0 saturated heterocycles. The number of carbonyl (C=O) groups excluding carboxylic acids is 1. The molecule has 0 aromatic rings. The zero-order valence-corrected chi connectivity index (χ0v) is 49.9. The molecule has 1 N–H and O–H groups in total. The number of hydrogen-bond acceptors (Lipinski definition) is 9. The molecule has 0 saturated carbocycles. The number of rotatable bonds is 49. The molecule has 0 fully saturated rings. The maximum Gasteiger partial charge on any atom is 0.305 e. The van der Waals surface area contributed by atoms with Gasteiger partial charge in [0.25, 0.3) is 0 Å². The van der Waals surface area contributed by atoms with Crippen molar-refractivity contribution in [3.05, 3.63) is 108 Å². The van der Waals surface area contributed by atoms with Gasteiger partial charge in [0.05, 0.1) is 51.8 Å². The van der Waals surface area contributed by atoms with E-state index < -0.39 is 6.29 Å². The van der Waals surface area contributed by atoms with E-state index in [2.05, 4.69) is 131 Å². The topological polar surface area (TPSA) is 95.9 Å². The van der Waals surface area contributed by atoms with Gasteiger partial charge in [-0.15, -0.1) is 0 Å². The Balaban J connectivity index is 4.91. The fourth-order valence-corrected chi connectivity index (χ4v) is 7.91. The molecule has 9 nitrogen and oxygen atoms in total. The molecule has 0 aliphatic rings. The summed E-state index contributed by atoms with van der Waals surface area (Å²) in [7, 11) is 0. The van der Waals surface area contributed by atoms with Crippen molar-refractivity contribution in [1.82, 2.24) is 4.90 Å². The van der Waals surface area contributed by atoms with Crippen LogP contribution in [-0.4, -0.2) is 94.4 Å². The Kier molecular flexibility index (Phi) is 42.8. The predicted octanol–water partition coefficient (Wildman–Crippen LogP) is 16.7. The average Bonchev–Trinajstić information content (AvgIpc) is 3.32. The summed E-state index contributed by atoms with van der Waals surface area (Å²) < 4.78 is 37.3. The molecular formula is C65H113NO8. The van der Waals surface area contributed by atoms with Crippen LogP contribution in [0, 0.1) is 23.7 Å². The molecule has 0 heterocycles. The fourth-order valence-electron chi connectivity index (χ4n) is 7.91. The van der Waals surface area contributed by atoms with Gasteiger partial charge in [-0.3, -0.25) is 4.79 Å². The Morgan fingerprint density at radius 2 is 0.743 bits per heavy atom. The van der Waals surface area contributed by atoms with E-state index in [9.17, 15) is 9.90 Å². The normalized spacial score (nSPS) is 13.7. The number of aliphatic hydroxyl groups is 1. The van der Waals surface area contributed by atoms with Crippen molar-refractivity contribution in [2.75, 3.05) is 65.9 Å². The maximum atomic E-state index is 12.9. The highest BCUT2D eigenvalue weighted by Crippen LogP contribution is 2.24. The molecule has 0 aromatic heterocycles. The number of aliphatic hydroxyl groups excluding tert-OH is 1. The molecule has 0 aliphatic carbocycles. The van der Waals surface area contributed by atoms with Gasteiger partial charge in [0.2, 0.25) is 0 Å². The fraction of sp³-hybridized carbons (Fsp3) is 0.708. The van der Waals surface area contributed by atoms with Crippen molar-refractivity contribution in [1.29, 1.82) is 0 Å². The lowest BCUT2D eigenvalue weighted by Gasteiger charge is -2.25. The lowest BCUT2D eigenvalue weighted by Crippen LogP contribution is -2.27. The largest absolute Gasteiger partial charge is 0.499 e. The first-order valence-corrected chi connectivity index (χ1v) is 28.6. The second kappa shape index (κ2) is 44.8. The lowest BCUT2D eigenvalue weighted by molar-refractivity contribution is -0.165. The molecule has 0 aliphatic heterocycles. The van der Waals surface area contributed by atoms with Crippen LogP contribution >= 0.6 is 0 Å². The first-order valence-electron chi connectivity index (χ1n) is 28.6. The van der Waals surface area contributed by atoms with Crippen LogP contribution in [0.25, 0.3) is 0 Å². The standard InChI is InChI=1S/C65H113NO8/c1-50(2)28-33-59(54(9)10)46-71-64(72-47-60(55(11)12)34-29-51(3)4)38-32-58(17)69-44-26-20-18-22-40-66(42-24-25-43-67)41-23-19-21-27-45-70-63(68)37-39-65(73-48-61(56(13)14)35-30-52(5)6)74-49-62(57(15)16)36-31-53(7)8/h28-31,59-62,64-65,67H,9,11,13,15,17-27,32-49H2,1-8,10,12,14,16H3. The summed E-state index contributed by atoms with van der Waals surface area (Å²) in [4.78, 5) is 15.4. The monoisotopic (exact) mass is 1040 g/mol. The van der Waals surface area contributed by atoms with Gasteiger partial charge in [-0.05, 0) is 167 Å². The maximum absolute atomic E-state index is 12.9. The van der Waals surface area contributed by atoms with Crippen LogP contribution < -0.4 is 0 Å². The van der Waals surface area contributed by atoms with Crippen molar-refractivity contribution >= 4 is 5.97 Å². The number of hydrogen-bond donors (Lipinski definition) is 1. The Morgan fingerprint density at radius 3 is 1.07 bits per heavy atom. The molecule has 0 spiro atoms. The molecule has 0 radical (unpaired) electrons. The van der Waals surface area contributed by atoms with Crippen LogP contribution in [0.4, 0.5) is 0 Å². The number of nitrogens with zero attached hydrogens (tertiary/aromatic N) is 1. The number of allylic oxidation sites excluding steroid dienone is 9. The molecule has 4 atom stereocenters. The zero-order chi connectivity index (χ0) is 55.7. The minimum absolute atomic E-state index is 0.174. The molecule has 0 amide bonds. The Bertz CT molecular complexity index is 1490. The number of esters is 1. The highest BCUT2D eigenvalue weighted by atomic mass is 16.7.